The summed E-state index contributed by atoms with van der Waals surface area (Å²) in [6.07, 6.45) is 7.23. The van der Waals surface area contributed by atoms with E-state index in [1.165, 1.54) is 12.8 Å². The molecule has 1 atom stereocenters. The Bertz CT molecular complexity index is 419. The Labute approximate surface area is 108 Å². The molecular formula is C14H21N3O. The van der Waals surface area contributed by atoms with Crippen molar-refractivity contribution in [2.45, 2.75) is 45.1 Å². The number of hydrogen-bond acceptors (Lipinski definition) is 3. The zero-order valence-corrected chi connectivity index (χ0v) is 10.9. The Kier molecular flexibility index (Phi) is 4.18. The molecule has 0 radical (unpaired) electrons. The molecule has 0 saturated carbocycles. The maximum absolute atomic E-state index is 12.5. The quantitative estimate of drug-likeness (QED) is 0.873. The van der Waals surface area contributed by atoms with E-state index in [9.17, 15) is 4.79 Å². The van der Waals surface area contributed by atoms with Crippen LogP contribution >= 0.6 is 0 Å². The lowest BCUT2D eigenvalue weighted by molar-refractivity contribution is 0.0679. The minimum atomic E-state index is 0.0364. The molecule has 0 aliphatic carbocycles. The molecule has 1 fully saturated rings. The molecule has 1 aliphatic rings. The number of hydrogen-bond donors (Lipinski definition) is 1. The largest absolute Gasteiger partial charge is 0.383 e. The highest BCUT2D eigenvalue weighted by Gasteiger charge is 2.26. The average molecular weight is 247 g/mol. The number of anilines is 1. The van der Waals surface area contributed by atoms with Crippen LogP contribution in [0.2, 0.25) is 0 Å². The van der Waals surface area contributed by atoms with Crippen LogP contribution in [0, 0.1) is 0 Å². The summed E-state index contributed by atoms with van der Waals surface area (Å²) >= 11 is 0. The van der Waals surface area contributed by atoms with Gasteiger partial charge in [-0.1, -0.05) is 19.8 Å². The van der Waals surface area contributed by atoms with Gasteiger partial charge in [-0.2, -0.15) is 0 Å². The Hall–Kier alpha value is -1.58. The van der Waals surface area contributed by atoms with Crippen molar-refractivity contribution in [2.24, 2.45) is 0 Å². The minimum absolute atomic E-state index is 0.0364. The molecule has 0 spiro atoms. The molecule has 1 aliphatic heterocycles. The third-order valence-corrected chi connectivity index (χ3v) is 3.68. The number of nitrogens with two attached hydrogens (primary N) is 1. The lowest BCUT2D eigenvalue weighted by Gasteiger charge is -2.29. The minimum Gasteiger partial charge on any atom is -0.383 e. The smallest absolute Gasteiger partial charge is 0.257 e. The summed E-state index contributed by atoms with van der Waals surface area (Å²) in [5.74, 6) is 0.371. The predicted octanol–water partition coefficient (Wildman–Crippen LogP) is 2.46. The van der Waals surface area contributed by atoms with E-state index in [0.29, 0.717) is 17.4 Å². The number of aromatic nitrogens is 1. The maximum atomic E-state index is 12.5. The van der Waals surface area contributed by atoms with Crippen LogP contribution in [0.1, 0.15) is 49.4 Å². The lowest BCUT2D eigenvalue weighted by Crippen LogP contribution is -2.40. The van der Waals surface area contributed by atoms with Crippen LogP contribution in [0.5, 0.6) is 0 Å². The van der Waals surface area contributed by atoms with Gasteiger partial charge < -0.3 is 10.6 Å². The fraction of sp³-hybridized carbons (Fsp3) is 0.571. The van der Waals surface area contributed by atoms with E-state index >= 15 is 0 Å². The molecule has 2 rings (SSSR count). The number of nitrogen functional groups attached to an aromatic ring is 1. The van der Waals surface area contributed by atoms with Crippen LogP contribution < -0.4 is 5.73 Å². The van der Waals surface area contributed by atoms with Gasteiger partial charge in [0.2, 0.25) is 0 Å². The van der Waals surface area contributed by atoms with Crippen molar-refractivity contribution in [3.8, 4) is 0 Å². The summed E-state index contributed by atoms with van der Waals surface area (Å²) < 4.78 is 0. The summed E-state index contributed by atoms with van der Waals surface area (Å²) in [5.41, 5.74) is 6.34. The van der Waals surface area contributed by atoms with Crippen molar-refractivity contribution in [1.29, 1.82) is 0 Å². The first-order valence-electron chi connectivity index (χ1n) is 6.75. The molecule has 1 unspecified atom stereocenters. The predicted molar refractivity (Wildman–Crippen MR) is 72.2 cm³/mol. The van der Waals surface area contributed by atoms with Gasteiger partial charge in [-0.15, -0.1) is 0 Å². The molecule has 1 aromatic heterocycles. The summed E-state index contributed by atoms with van der Waals surface area (Å²) in [6, 6.07) is 3.88. The Balaban J connectivity index is 2.23. The number of nitrogens with zero attached hydrogens (tertiary/aromatic N) is 2. The third kappa shape index (κ3) is 2.63. The van der Waals surface area contributed by atoms with Gasteiger partial charge in [0, 0.05) is 18.8 Å². The average Bonchev–Trinajstić information content (AvgIpc) is 2.63. The first-order valence-corrected chi connectivity index (χ1v) is 6.75. The van der Waals surface area contributed by atoms with Gasteiger partial charge in [0.15, 0.2) is 0 Å². The van der Waals surface area contributed by atoms with Crippen molar-refractivity contribution in [2.75, 3.05) is 12.3 Å². The molecule has 18 heavy (non-hydrogen) atoms. The molecule has 1 aromatic rings. The SMILES string of the molecule is CCC1CCCCCN1C(=O)c1cccnc1N. The van der Waals surface area contributed by atoms with E-state index in [0.717, 1.165) is 25.8 Å². The summed E-state index contributed by atoms with van der Waals surface area (Å²) in [4.78, 5) is 18.5. The molecule has 0 aromatic carbocycles. The van der Waals surface area contributed by atoms with Crippen LogP contribution in [0.25, 0.3) is 0 Å². The van der Waals surface area contributed by atoms with Crippen LogP contribution in [0.15, 0.2) is 18.3 Å². The molecule has 4 nitrogen and oxygen atoms in total. The van der Waals surface area contributed by atoms with E-state index in [-0.39, 0.29) is 5.91 Å². The molecule has 1 saturated heterocycles. The molecule has 2 N–H and O–H groups in total. The monoisotopic (exact) mass is 247 g/mol. The van der Waals surface area contributed by atoms with E-state index in [1.54, 1.807) is 18.3 Å². The second-order valence-corrected chi connectivity index (χ2v) is 4.85. The highest BCUT2D eigenvalue weighted by Crippen LogP contribution is 2.22. The lowest BCUT2D eigenvalue weighted by atomic mass is 10.1. The fourth-order valence-electron chi connectivity index (χ4n) is 2.62. The topological polar surface area (TPSA) is 59.2 Å². The molecule has 4 heteroatoms. The van der Waals surface area contributed by atoms with Gasteiger partial charge in [0.25, 0.3) is 5.91 Å². The number of rotatable bonds is 2. The number of pyridine rings is 1. The standard InChI is InChI=1S/C14H21N3O/c1-2-11-7-4-3-5-10-17(11)14(18)12-8-6-9-16-13(12)15/h6,8-9,11H,2-5,7,10H2,1H3,(H2,15,16). The summed E-state index contributed by atoms with van der Waals surface area (Å²) in [6.45, 7) is 2.98. The van der Waals surface area contributed by atoms with Crippen molar-refractivity contribution in [3.05, 3.63) is 23.9 Å². The Morgan fingerprint density at radius 3 is 3.06 bits per heavy atom. The van der Waals surface area contributed by atoms with Gasteiger partial charge in [-0.25, -0.2) is 4.98 Å². The molecule has 0 bridgehead atoms. The van der Waals surface area contributed by atoms with Crippen molar-refractivity contribution >= 4 is 11.7 Å². The van der Waals surface area contributed by atoms with E-state index in [1.807, 2.05) is 4.90 Å². The summed E-state index contributed by atoms with van der Waals surface area (Å²) in [7, 11) is 0. The van der Waals surface area contributed by atoms with Crippen LogP contribution in [0.3, 0.4) is 0 Å². The van der Waals surface area contributed by atoms with Gasteiger partial charge in [0.1, 0.15) is 5.82 Å². The van der Waals surface area contributed by atoms with Gasteiger partial charge in [-0.3, -0.25) is 4.79 Å². The first-order chi connectivity index (χ1) is 8.74. The van der Waals surface area contributed by atoms with Crippen LogP contribution in [-0.4, -0.2) is 28.4 Å². The number of carbonyl (C=O) groups is 1. The van der Waals surface area contributed by atoms with Crippen molar-refractivity contribution < 1.29 is 4.79 Å². The Morgan fingerprint density at radius 1 is 1.50 bits per heavy atom. The van der Waals surface area contributed by atoms with E-state index < -0.39 is 0 Å². The fourth-order valence-corrected chi connectivity index (χ4v) is 2.62. The molecule has 2 heterocycles. The highest BCUT2D eigenvalue weighted by atomic mass is 16.2. The zero-order valence-electron chi connectivity index (χ0n) is 10.9. The second kappa shape index (κ2) is 5.85. The van der Waals surface area contributed by atoms with Gasteiger partial charge >= 0.3 is 0 Å². The third-order valence-electron chi connectivity index (χ3n) is 3.68. The van der Waals surface area contributed by atoms with Crippen molar-refractivity contribution in [1.82, 2.24) is 9.88 Å². The van der Waals surface area contributed by atoms with Crippen LogP contribution in [0.4, 0.5) is 5.82 Å². The molecule has 98 valence electrons. The van der Waals surface area contributed by atoms with E-state index in [2.05, 4.69) is 11.9 Å². The van der Waals surface area contributed by atoms with E-state index in [4.69, 9.17) is 5.73 Å². The number of likely N-dealkylation sites (tertiary alicyclic amines) is 1. The second-order valence-electron chi connectivity index (χ2n) is 4.85. The highest BCUT2D eigenvalue weighted by molar-refractivity contribution is 5.98. The Morgan fingerprint density at radius 2 is 2.33 bits per heavy atom. The molecule has 1 amide bonds. The first kappa shape index (κ1) is 12.9. The zero-order chi connectivity index (χ0) is 13.0. The number of amides is 1. The summed E-state index contributed by atoms with van der Waals surface area (Å²) in [5, 5.41) is 0. The maximum Gasteiger partial charge on any atom is 0.257 e. The van der Waals surface area contributed by atoms with Crippen LogP contribution in [-0.2, 0) is 0 Å². The number of carbonyl (C=O) groups excluding carboxylic acids is 1. The van der Waals surface area contributed by atoms with Gasteiger partial charge in [-0.05, 0) is 31.4 Å². The van der Waals surface area contributed by atoms with Gasteiger partial charge in [0.05, 0.1) is 5.56 Å². The van der Waals surface area contributed by atoms with Crippen molar-refractivity contribution in [3.63, 3.8) is 0 Å². The normalized spacial score (nSPS) is 20.5. The molecular weight excluding hydrogens is 226 g/mol.